The van der Waals surface area contributed by atoms with Crippen LogP contribution < -0.4 is 5.11 Å². The molecule has 0 saturated heterocycles. The number of carbonyl (C=O) groups excluding carboxylic acids is 3. The summed E-state index contributed by atoms with van der Waals surface area (Å²) in [5.74, 6) is -2.32. The summed E-state index contributed by atoms with van der Waals surface area (Å²) in [4.78, 5) is 37.4. The molecule has 0 aliphatic heterocycles. The molecule has 0 rings (SSSR count). The van der Waals surface area contributed by atoms with Crippen molar-refractivity contribution in [3.05, 3.63) is 158 Å². The number of unbranched alkanes of at least 4 members (excludes halogenated alkanes) is 21. The van der Waals surface area contributed by atoms with Crippen molar-refractivity contribution in [3.63, 3.8) is 0 Å². The summed E-state index contributed by atoms with van der Waals surface area (Å²) in [6.45, 7) is 4.59. The molecular formula is C78H127NO8. The molecule has 0 amide bonds. The van der Waals surface area contributed by atoms with Gasteiger partial charge in [0, 0.05) is 12.8 Å². The molecule has 0 fully saturated rings. The van der Waals surface area contributed by atoms with Crippen LogP contribution in [0.1, 0.15) is 258 Å². The first-order valence-electron chi connectivity index (χ1n) is 34.6. The van der Waals surface area contributed by atoms with Crippen molar-refractivity contribution in [2.75, 3.05) is 47.5 Å². The molecule has 0 aliphatic rings. The van der Waals surface area contributed by atoms with Gasteiger partial charge in [0.2, 0.25) is 0 Å². The maximum atomic E-state index is 12.9. The summed E-state index contributed by atoms with van der Waals surface area (Å²) in [5.41, 5.74) is 0. The van der Waals surface area contributed by atoms with Crippen LogP contribution in [0.15, 0.2) is 158 Å². The maximum Gasteiger partial charge on any atom is 0.306 e. The minimum Gasteiger partial charge on any atom is -0.545 e. The predicted molar refractivity (Wildman–Crippen MR) is 370 cm³/mol. The highest BCUT2D eigenvalue weighted by Gasteiger charge is 2.22. The van der Waals surface area contributed by atoms with Crippen LogP contribution in [0.25, 0.3) is 0 Å². The monoisotopic (exact) mass is 1210 g/mol. The number of hydrogen-bond donors (Lipinski definition) is 0. The van der Waals surface area contributed by atoms with Crippen LogP contribution in [-0.4, -0.2) is 82.3 Å². The molecule has 87 heavy (non-hydrogen) atoms. The van der Waals surface area contributed by atoms with E-state index in [1.165, 1.54) is 83.5 Å². The maximum absolute atomic E-state index is 12.9. The molecule has 0 aromatic heterocycles. The fourth-order valence-electron chi connectivity index (χ4n) is 8.98. The lowest BCUT2D eigenvalue weighted by atomic mass is 10.0. The molecule has 0 spiro atoms. The van der Waals surface area contributed by atoms with Crippen molar-refractivity contribution in [2.45, 2.75) is 270 Å². The van der Waals surface area contributed by atoms with E-state index in [4.69, 9.17) is 18.9 Å². The van der Waals surface area contributed by atoms with E-state index in [9.17, 15) is 19.5 Å². The normalized spacial score (nSPS) is 13.7. The van der Waals surface area contributed by atoms with Gasteiger partial charge < -0.3 is 33.3 Å². The van der Waals surface area contributed by atoms with Crippen molar-refractivity contribution in [1.29, 1.82) is 0 Å². The third-order valence-corrected chi connectivity index (χ3v) is 14.3. The molecule has 0 bridgehead atoms. The Labute approximate surface area is 534 Å². The van der Waals surface area contributed by atoms with Gasteiger partial charge in [-0.15, -0.1) is 0 Å². The number of esters is 2. The van der Waals surface area contributed by atoms with Gasteiger partial charge in [-0.1, -0.05) is 275 Å². The summed E-state index contributed by atoms with van der Waals surface area (Å²) in [6.07, 6.45) is 96.0. The second kappa shape index (κ2) is 66.9. The molecule has 0 aliphatic carbocycles. The number of carboxylic acids is 1. The standard InChI is InChI=1S/C78H127NO8/c1-6-8-10-12-14-16-18-20-22-24-26-28-29-30-31-32-33-34-35-36-37-38-39-40-41-42-43-44-45-46-47-49-51-53-55-57-59-61-63-65-67-69-76(81)87-74(73-86-78(77(82)83)84-71-70-79(3,4)5)72-85-75(80)68-66-64-62-60-58-56-54-52-50-48-27-25-23-21-19-17-15-13-11-9-7-2/h8,10,14,16,19-22,25-28,30-31,33-34,36-37,39-40,42-43,45-46,50,52,74,78H,6-7,9,11-13,15,17-18,23-24,29,32,35,38,41,44,47-49,51,53-73H2,1-5H3/b10-8-,16-14-,21-19-,22-20-,27-25-,28-26-,31-30-,34-33-,37-36-,40-39-,43-42-,46-45-,52-50-. The number of rotatable bonds is 62. The fraction of sp³-hybridized carbons (Fsp3) is 0.628. The van der Waals surface area contributed by atoms with Gasteiger partial charge in [-0.05, 0) is 128 Å². The highest BCUT2D eigenvalue weighted by Crippen LogP contribution is 2.15. The van der Waals surface area contributed by atoms with Gasteiger partial charge in [0.25, 0.3) is 0 Å². The number of likely N-dealkylation sites (N-methyl/N-ethyl adjacent to an activating group) is 1. The summed E-state index contributed by atoms with van der Waals surface area (Å²) < 4.78 is 22.7. The van der Waals surface area contributed by atoms with Crippen LogP contribution in [0.4, 0.5) is 0 Å². The number of nitrogens with zero attached hydrogens (tertiary/aromatic N) is 1. The van der Waals surface area contributed by atoms with Crippen LogP contribution in [0, 0.1) is 0 Å². The number of quaternary nitrogens is 1. The average molecular weight is 1210 g/mol. The number of aliphatic carboxylic acids is 1. The van der Waals surface area contributed by atoms with Gasteiger partial charge in [-0.3, -0.25) is 9.59 Å². The van der Waals surface area contributed by atoms with Gasteiger partial charge in [-0.25, -0.2) is 0 Å². The Morgan fingerprint density at radius 3 is 0.977 bits per heavy atom. The zero-order valence-electron chi connectivity index (χ0n) is 56.1. The summed E-state index contributed by atoms with van der Waals surface area (Å²) in [7, 11) is 5.91. The third kappa shape index (κ3) is 68.3. The Balaban J connectivity index is 4.18. The molecule has 0 aromatic rings. The fourth-order valence-corrected chi connectivity index (χ4v) is 8.98. The molecule has 0 saturated carbocycles. The Morgan fingerprint density at radius 1 is 0.356 bits per heavy atom. The molecule has 9 heteroatoms. The first kappa shape index (κ1) is 81.9. The van der Waals surface area contributed by atoms with Gasteiger partial charge in [0.1, 0.15) is 13.2 Å². The predicted octanol–water partition coefficient (Wildman–Crippen LogP) is 20.4. The summed E-state index contributed by atoms with van der Waals surface area (Å²) in [6, 6.07) is 0. The third-order valence-electron chi connectivity index (χ3n) is 14.3. The van der Waals surface area contributed by atoms with E-state index < -0.39 is 24.3 Å². The van der Waals surface area contributed by atoms with Crippen molar-refractivity contribution in [2.24, 2.45) is 0 Å². The molecule has 2 atom stereocenters. The minimum atomic E-state index is -1.64. The summed E-state index contributed by atoms with van der Waals surface area (Å²) in [5, 5.41) is 11.8. The Hall–Kier alpha value is -5.09. The van der Waals surface area contributed by atoms with E-state index in [-0.39, 0.29) is 38.6 Å². The molecular weight excluding hydrogens is 1080 g/mol. The molecule has 0 heterocycles. The molecule has 0 radical (unpaired) electrons. The smallest absolute Gasteiger partial charge is 0.306 e. The van der Waals surface area contributed by atoms with E-state index in [0.29, 0.717) is 17.4 Å². The zero-order chi connectivity index (χ0) is 63.3. The summed E-state index contributed by atoms with van der Waals surface area (Å²) >= 11 is 0. The van der Waals surface area contributed by atoms with Crippen LogP contribution in [0.2, 0.25) is 0 Å². The molecule has 0 N–H and O–H groups in total. The van der Waals surface area contributed by atoms with Crippen LogP contribution in [0.3, 0.4) is 0 Å². The number of allylic oxidation sites excluding steroid dienone is 26. The molecule has 2 unspecified atom stereocenters. The van der Waals surface area contributed by atoms with E-state index in [0.717, 1.165) is 141 Å². The highest BCUT2D eigenvalue weighted by molar-refractivity contribution is 5.70. The van der Waals surface area contributed by atoms with E-state index >= 15 is 0 Å². The van der Waals surface area contributed by atoms with E-state index in [2.05, 4.69) is 172 Å². The highest BCUT2D eigenvalue weighted by atomic mass is 16.7. The van der Waals surface area contributed by atoms with Crippen molar-refractivity contribution >= 4 is 17.9 Å². The Morgan fingerprint density at radius 2 is 0.655 bits per heavy atom. The lowest BCUT2D eigenvalue weighted by molar-refractivity contribution is -0.870. The van der Waals surface area contributed by atoms with Crippen LogP contribution in [-0.2, 0) is 33.3 Å². The van der Waals surface area contributed by atoms with Gasteiger partial charge >= 0.3 is 11.9 Å². The lowest BCUT2D eigenvalue weighted by Crippen LogP contribution is -2.44. The number of carboxylic acid groups (broad SMARTS) is 1. The topological polar surface area (TPSA) is 111 Å². The van der Waals surface area contributed by atoms with Crippen molar-refractivity contribution in [3.8, 4) is 0 Å². The minimum absolute atomic E-state index is 0.137. The van der Waals surface area contributed by atoms with Crippen molar-refractivity contribution < 1.29 is 42.9 Å². The Bertz CT molecular complexity index is 1990. The van der Waals surface area contributed by atoms with E-state index in [1.54, 1.807) is 0 Å². The van der Waals surface area contributed by atoms with Gasteiger partial charge in [-0.2, -0.15) is 0 Å². The van der Waals surface area contributed by atoms with Gasteiger partial charge in [0.15, 0.2) is 12.4 Å². The first-order chi connectivity index (χ1) is 42.6. The van der Waals surface area contributed by atoms with Crippen molar-refractivity contribution in [1.82, 2.24) is 0 Å². The molecule has 492 valence electrons. The average Bonchev–Trinajstić information content (AvgIpc) is 3.59. The Kier molecular flexibility index (Phi) is 62.9. The number of ether oxygens (including phenoxy) is 4. The van der Waals surface area contributed by atoms with Crippen LogP contribution in [0.5, 0.6) is 0 Å². The largest absolute Gasteiger partial charge is 0.545 e. The lowest BCUT2D eigenvalue weighted by Gasteiger charge is -2.26. The number of hydrogen-bond acceptors (Lipinski definition) is 8. The first-order valence-corrected chi connectivity index (χ1v) is 34.6. The number of carbonyl (C=O) groups is 3. The molecule has 9 nitrogen and oxygen atoms in total. The molecule has 0 aromatic carbocycles. The van der Waals surface area contributed by atoms with Crippen LogP contribution >= 0.6 is 0 Å². The second-order valence-corrected chi connectivity index (χ2v) is 23.7. The SMILES string of the molecule is CC/C=C\C/C=C\C/C=C\C/C=C\C/C=C\C/C=C\C/C=C\C/C=C\C/C=C\C/C=C\CCCCCCCCCCCCC(=O)OC(COC(=O)CCCCCCCC/C=C\C/C=C\C/C=C\CCCCCCC)COC(OCC[N+](C)(C)C)C(=O)[O-]. The van der Waals surface area contributed by atoms with Gasteiger partial charge in [0.05, 0.1) is 40.3 Å². The quantitative estimate of drug-likeness (QED) is 0.0195. The zero-order valence-corrected chi connectivity index (χ0v) is 56.1. The second-order valence-electron chi connectivity index (χ2n) is 23.7. The van der Waals surface area contributed by atoms with E-state index in [1.807, 2.05) is 21.1 Å².